The van der Waals surface area contributed by atoms with Gasteiger partial charge in [0.1, 0.15) is 0 Å². The van der Waals surface area contributed by atoms with Crippen LogP contribution in [-0.2, 0) is 17.8 Å². The van der Waals surface area contributed by atoms with Gasteiger partial charge >= 0.3 is 0 Å². The molecule has 4 N–H and O–H groups in total. The molecule has 5 nitrogen and oxygen atoms in total. The Hall–Kier alpha value is -1.49. The van der Waals surface area contributed by atoms with Crippen molar-refractivity contribution < 1.29 is 9.21 Å². The topological polar surface area (TPSA) is 80.3 Å². The SMILES string of the molecule is CNCc1c(CC(N)=O)coc1NC. The van der Waals surface area contributed by atoms with E-state index in [1.165, 1.54) is 0 Å². The van der Waals surface area contributed by atoms with Crippen LogP contribution >= 0.6 is 0 Å². The lowest BCUT2D eigenvalue weighted by Gasteiger charge is -2.02. The molecule has 0 atom stereocenters. The largest absolute Gasteiger partial charge is 0.448 e. The molecule has 0 aromatic carbocycles. The van der Waals surface area contributed by atoms with Gasteiger partial charge < -0.3 is 20.8 Å². The number of hydrogen-bond donors (Lipinski definition) is 3. The summed E-state index contributed by atoms with van der Waals surface area (Å²) in [5.74, 6) is 0.321. The zero-order valence-corrected chi connectivity index (χ0v) is 8.39. The lowest BCUT2D eigenvalue weighted by molar-refractivity contribution is -0.117. The Labute approximate surface area is 82.7 Å². The minimum atomic E-state index is -0.356. The molecule has 0 radical (unpaired) electrons. The van der Waals surface area contributed by atoms with E-state index in [1.54, 1.807) is 13.3 Å². The maximum Gasteiger partial charge on any atom is 0.221 e. The van der Waals surface area contributed by atoms with Gasteiger partial charge in [-0.05, 0) is 7.05 Å². The van der Waals surface area contributed by atoms with Crippen molar-refractivity contribution in [1.29, 1.82) is 0 Å². The number of anilines is 1. The van der Waals surface area contributed by atoms with Gasteiger partial charge in [-0.25, -0.2) is 0 Å². The third-order valence-corrected chi connectivity index (χ3v) is 1.93. The second-order valence-electron chi connectivity index (χ2n) is 2.99. The molecule has 14 heavy (non-hydrogen) atoms. The molecule has 0 bridgehead atoms. The maximum atomic E-state index is 10.8. The van der Waals surface area contributed by atoms with E-state index in [-0.39, 0.29) is 12.3 Å². The average molecular weight is 197 g/mol. The molecular weight excluding hydrogens is 182 g/mol. The van der Waals surface area contributed by atoms with Crippen molar-refractivity contribution in [2.75, 3.05) is 19.4 Å². The molecule has 0 fully saturated rings. The van der Waals surface area contributed by atoms with Crippen LogP contribution in [0.2, 0.25) is 0 Å². The molecule has 0 saturated heterocycles. The van der Waals surface area contributed by atoms with Gasteiger partial charge in [0, 0.05) is 24.7 Å². The molecule has 0 aliphatic carbocycles. The number of amides is 1. The molecule has 0 unspecified atom stereocenters. The van der Waals surface area contributed by atoms with Gasteiger partial charge in [-0.15, -0.1) is 0 Å². The van der Waals surface area contributed by atoms with Crippen molar-refractivity contribution in [1.82, 2.24) is 5.32 Å². The first-order valence-electron chi connectivity index (χ1n) is 4.39. The number of rotatable bonds is 5. The second kappa shape index (κ2) is 4.66. The van der Waals surface area contributed by atoms with Crippen LogP contribution < -0.4 is 16.4 Å². The zero-order chi connectivity index (χ0) is 10.6. The predicted octanol–water partition coefficient (Wildman–Crippen LogP) is 0.0685. The lowest BCUT2D eigenvalue weighted by atomic mass is 10.1. The maximum absolute atomic E-state index is 10.8. The first-order chi connectivity index (χ1) is 6.69. The number of carbonyl (C=O) groups excluding carboxylic acids is 1. The van der Waals surface area contributed by atoms with Gasteiger partial charge in [0.15, 0.2) is 5.88 Å². The summed E-state index contributed by atoms with van der Waals surface area (Å²) in [5.41, 5.74) is 6.90. The summed E-state index contributed by atoms with van der Waals surface area (Å²) in [7, 11) is 3.60. The lowest BCUT2D eigenvalue weighted by Crippen LogP contribution is -2.16. The van der Waals surface area contributed by atoms with Gasteiger partial charge in [-0.3, -0.25) is 4.79 Å². The quantitative estimate of drug-likeness (QED) is 0.624. The molecule has 1 amide bonds. The minimum Gasteiger partial charge on any atom is -0.448 e. The highest BCUT2D eigenvalue weighted by molar-refractivity contribution is 5.77. The van der Waals surface area contributed by atoms with Crippen LogP contribution in [-0.4, -0.2) is 20.0 Å². The molecule has 1 rings (SSSR count). The fraction of sp³-hybridized carbons (Fsp3) is 0.444. The summed E-state index contributed by atoms with van der Waals surface area (Å²) in [6, 6.07) is 0. The number of furan rings is 1. The number of nitrogens with one attached hydrogen (secondary N) is 2. The summed E-state index contributed by atoms with van der Waals surface area (Å²) in [5, 5.41) is 5.92. The smallest absolute Gasteiger partial charge is 0.221 e. The number of nitrogens with two attached hydrogens (primary N) is 1. The third kappa shape index (κ3) is 2.26. The summed E-state index contributed by atoms with van der Waals surface area (Å²) >= 11 is 0. The normalized spacial score (nSPS) is 10.1. The first-order valence-corrected chi connectivity index (χ1v) is 4.39. The molecule has 78 valence electrons. The summed E-state index contributed by atoms with van der Waals surface area (Å²) in [4.78, 5) is 10.8. The van der Waals surface area contributed by atoms with Crippen LogP contribution in [0, 0.1) is 0 Å². The Morgan fingerprint density at radius 1 is 1.57 bits per heavy atom. The summed E-state index contributed by atoms with van der Waals surface area (Å²) in [6.45, 7) is 0.648. The Kier molecular flexibility index (Phi) is 3.53. The monoisotopic (exact) mass is 197 g/mol. The van der Waals surface area contributed by atoms with E-state index in [0.717, 1.165) is 11.1 Å². The standard InChI is InChI=1S/C9H15N3O2/c1-11-4-7-6(3-8(10)13)5-14-9(7)12-2/h5,11-12H,3-4H2,1-2H3,(H2,10,13). The van der Waals surface area contributed by atoms with Crippen molar-refractivity contribution in [2.45, 2.75) is 13.0 Å². The first kappa shape index (κ1) is 10.6. The minimum absolute atomic E-state index is 0.211. The molecule has 0 aliphatic rings. The second-order valence-corrected chi connectivity index (χ2v) is 2.99. The molecule has 1 heterocycles. The Balaban J connectivity index is 2.91. The molecular formula is C9H15N3O2. The Morgan fingerprint density at radius 2 is 2.29 bits per heavy atom. The van der Waals surface area contributed by atoms with Crippen molar-refractivity contribution in [3.8, 4) is 0 Å². The van der Waals surface area contributed by atoms with E-state index in [9.17, 15) is 4.79 Å². The van der Waals surface area contributed by atoms with E-state index in [4.69, 9.17) is 10.2 Å². The van der Waals surface area contributed by atoms with Crippen LogP contribution in [0.15, 0.2) is 10.7 Å². The molecule has 0 spiro atoms. The number of primary amides is 1. The number of carbonyl (C=O) groups is 1. The Bertz CT molecular complexity index is 320. The van der Waals surface area contributed by atoms with Crippen LogP contribution in [0.1, 0.15) is 11.1 Å². The molecule has 1 aromatic rings. The van der Waals surface area contributed by atoms with E-state index in [1.807, 2.05) is 7.05 Å². The van der Waals surface area contributed by atoms with E-state index in [0.29, 0.717) is 12.4 Å². The van der Waals surface area contributed by atoms with Crippen LogP contribution in [0.5, 0.6) is 0 Å². The molecule has 1 aromatic heterocycles. The van der Waals surface area contributed by atoms with Crippen LogP contribution in [0.25, 0.3) is 0 Å². The Morgan fingerprint density at radius 3 is 2.79 bits per heavy atom. The third-order valence-electron chi connectivity index (χ3n) is 1.93. The van der Waals surface area contributed by atoms with Crippen molar-refractivity contribution >= 4 is 11.8 Å². The van der Waals surface area contributed by atoms with Crippen molar-refractivity contribution in [3.63, 3.8) is 0 Å². The molecule has 5 heteroatoms. The van der Waals surface area contributed by atoms with Gasteiger partial charge in [0.25, 0.3) is 0 Å². The summed E-state index contributed by atoms with van der Waals surface area (Å²) in [6.07, 6.45) is 1.77. The highest BCUT2D eigenvalue weighted by atomic mass is 16.3. The van der Waals surface area contributed by atoms with Gasteiger partial charge in [0.05, 0.1) is 12.7 Å². The van der Waals surface area contributed by atoms with Gasteiger partial charge in [0.2, 0.25) is 5.91 Å². The van der Waals surface area contributed by atoms with Crippen LogP contribution in [0.4, 0.5) is 5.88 Å². The average Bonchev–Trinajstić information content (AvgIpc) is 2.48. The van der Waals surface area contributed by atoms with Gasteiger partial charge in [-0.1, -0.05) is 0 Å². The molecule has 0 saturated carbocycles. The van der Waals surface area contributed by atoms with E-state index >= 15 is 0 Å². The fourth-order valence-electron chi connectivity index (χ4n) is 1.33. The fourth-order valence-corrected chi connectivity index (χ4v) is 1.33. The van der Waals surface area contributed by atoms with E-state index in [2.05, 4.69) is 10.6 Å². The highest BCUT2D eigenvalue weighted by Crippen LogP contribution is 2.22. The van der Waals surface area contributed by atoms with E-state index < -0.39 is 0 Å². The summed E-state index contributed by atoms with van der Waals surface area (Å²) < 4.78 is 5.24. The predicted molar refractivity (Wildman–Crippen MR) is 53.9 cm³/mol. The number of hydrogen-bond acceptors (Lipinski definition) is 4. The van der Waals surface area contributed by atoms with Crippen molar-refractivity contribution in [2.24, 2.45) is 5.73 Å². The highest BCUT2D eigenvalue weighted by Gasteiger charge is 2.13. The zero-order valence-electron chi connectivity index (χ0n) is 8.39. The van der Waals surface area contributed by atoms with Gasteiger partial charge in [-0.2, -0.15) is 0 Å². The van der Waals surface area contributed by atoms with Crippen molar-refractivity contribution in [3.05, 3.63) is 17.4 Å². The van der Waals surface area contributed by atoms with Crippen LogP contribution in [0.3, 0.4) is 0 Å². The molecule has 0 aliphatic heterocycles.